The highest BCUT2D eigenvalue weighted by Gasteiger charge is 2.22. The molecule has 0 atom stereocenters. The van der Waals surface area contributed by atoms with E-state index in [0.717, 1.165) is 6.42 Å². The molecule has 1 aromatic rings. The number of hydrogen-bond donors (Lipinski definition) is 2. The molecule has 0 heterocycles. The number of hydrogen-bond acceptors (Lipinski definition) is 4. The van der Waals surface area contributed by atoms with E-state index in [4.69, 9.17) is 0 Å². The van der Waals surface area contributed by atoms with Crippen molar-refractivity contribution in [2.24, 2.45) is 0 Å². The lowest BCUT2D eigenvalue weighted by atomic mass is 10.2. The Hall–Kier alpha value is -1.93. The number of rotatable bonds is 9. The van der Waals surface area contributed by atoms with Crippen LogP contribution in [-0.2, 0) is 14.8 Å². The summed E-state index contributed by atoms with van der Waals surface area (Å²) in [7, 11) is -3.63. The van der Waals surface area contributed by atoms with Crippen LogP contribution in [-0.4, -0.2) is 50.7 Å². The minimum Gasteiger partial charge on any atom is -0.355 e. The Kier molecular flexibility index (Phi) is 7.87. The van der Waals surface area contributed by atoms with Crippen molar-refractivity contribution in [2.75, 3.05) is 26.2 Å². The van der Waals surface area contributed by atoms with Gasteiger partial charge in [0.1, 0.15) is 0 Å². The van der Waals surface area contributed by atoms with Gasteiger partial charge in [-0.3, -0.25) is 9.59 Å². The van der Waals surface area contributed by atoms with Crippen LogP contribution in [0.5, 0.6) is 0 Å². The fraction of sp³-hybridized carbons (Fsp3) is 0.500. The highest BCUT2D eigenvalue weighted by atomic mass is 32.2. The van der Waals surface area contributed by atoms with Gasteiger partial charge in [-0.2, -0.15) is 4.31 Å². The van der Waals surface area contributed by atoms with Gasteiger partial charge in [-0.05, 0) is 24.6 Å². The molecule has 0 bridgehead atoms. The molecule has 2 amide bonds. The molecule has 134 valence electrons. The van der Waals surface area contributed by atoms with Gasteiger partial charge in [-0.1, -0.05) is 26.8 Å². The largest absolute Gasteiger partial charge is 0.355 e. The van der Waals surface area contributed by atoms with Crippen molar-refractivity contribution in [2.45, 2.75) is 32.1 Å². The molecule has 8 heteroatoms. The van der Waals surface area contributed by atoms with Gasteiger partial charge >= 0.3 is 0 Å². The maximum atomic E-state index is 12.5. The van der Waals surface area contributed by atoms with E-state index in [-0.39, 0.29) is 22.9 Å². The lowest BCUT2D eigenvalue weighted by Crippen LogP contribution is -2.37. The predicted octanol–water partition coefficient (Wildman–Crippen LogP) is 0.973. The summed E-state index contributed by atoms with van der Waals surface area (Å²) in [5.41, 5.74) is 0.200. The van der Waals surface area contributed by atoms with E-state index in [1.165, 1.54) is 28.6 Å². The molecule has 0 saturated carbocycles. The normalized spacial score (nSPS) is 11.3. The van der Waals surface area contributed by atoms with Crippen molar-refractivity contribution in [1.29, 1.82) is 0 Å². The summed E-state index contributed by atoms with van der Waals surface area (Å²) in [6.45, 7) is 6.55. The molecule has 0 aliphatic rings. The minimum absolute atomic E-state index is 0.0642. The Morgan fingerprint density at radius 3 is 2.33 bits per heavy atom. The molecule has 0 spiro atoms. The summed E-state index contributed by atoms with van der Waals surface area (Å²) in [6.07, 6.45) is 0.810. The highest BCUT2D eigenvalue weighted by Crippen LogP contribution is 2.16. The molecule has 2 N–H and O–H groups in total. The number of carbonyl (C=O) groups excluding carboxylic acids is 2. The molecule has 0 fully saturated rings. The molecule has 0 aromatic heterocycles. The lowest BCUT2D eigenvalue weighted by molar-refractivity contribution is -0.120. The third kappa shape index (κ3) is 5.31. The van der Waals surface area contributed by atoms with Crippen LogP contribution >= 0.6 is 0 Å². The first-order valence-electron chi connectivity index (χ1n) is 8.01. The van der Waals surface area contributed by atoms with Crippen LogP contribution in [0.3, 0.4) is 0 Å². The molecule has 1 rings (SSSR count). The van der Waals surface area contributed by atoms with Crippen LogP contribution in [0.25, 0.3) is 0 Å². The van der Waals surface area contributed by atoms with Crippen molar-refractivity contribution in [3.8, 4) is 0 Å². The topological polar surface area (TPSA) is 95.6 Å². The number of benzene rings is 1. The minimum atomic E-state index is -3.63. The van der Waals surface area contributed by atoms with Crippen molar-refractivity contribution < 1.29 is 18.0 Å². The second kappa shape index (κ2) is 9.39. The van der Waals surface area contributed by atoms with Crippen LogP contribution in [0.4, 0.5) is 0 Å². The molecule has 0 aliphatic carbocycles. The van der Waals surface area contributed by atoms with Crippen molar-refractivity contribution in [3.63, 3.8) is 0 Å². The fourth-order valence-corrected chi connectivity index (χ4v) is 3.60. The fourth-order valence-electron chi connectivity index (χ4n) is 2.10. The van der Waals surface area contributed by atoms with E-state index in [1.807, 2.05) is 6.92 Å². The molecule has 0 unspecified atom stereocenters. The number of nitrogens with zero attached hydrogens (tertiary/aromatic N) is 1. The van der Waals surface area contributed by atoms with E-state index < -0.39 is 15.9 Å². The second-order valence-corrected chi connectivity index (χ2v) is 7.09. The Labute approximate surface area is 143 Å². The Morgan fingerprint density at radius 2 is 1.75 bits per heavy atom. The number of carbonyl (C=O) groups is 2. The molecule has 7 nitrogen and oxygen atoms in total. The maximum absolute atomic E-state index is 12.5. The van der Waals surface area contributed by atoms with Gasteiger partial charge in [-0.25, -0.2) is 8.42 Å². The Morgan fingerprint density at radius 1 is 1.08 bits per heavy atom. The van der Waals surface area contributed by atoms with E-state index >= 15 is 0 Å². The van der Waals surface area contributed by atoms with Crippen molar-refractivity contribution in [3.05, 3.63) is 29.8 Å². The van der Waals surface area contributed by atoms with E-state index in [9.17, 15) is 18.0 Å². The highest BCUT2D eigenvalue weighted by molar-refractivity contribution is 7.89. The van der Waals surface area contributed by atoms with Gasteiger partial charge in [0.05, 0.1) is 11.4 Å². The lowest BCUT2D eigenvalue weighted by Gasteiger charge is -2.18. The van der Waals surface area contributed by atoms with Gasteiger partial charge in [0, 0.05) is 25.2 Å². The van der Waals surface area contributed by atoms with Gasteiger partial charge in [0.2, 0.25) is 15.9 Å². The first-order valence-corrected chi connectivity index (χ1v) is 9.45. The summed E-state index contributed by atoms with van der Waals surface area (Å²) >= 11 is 0. The van der Waals surface area contributed by atoms with Gasteiger partial charge < -0.3 is 10.6 Å². The van der Waals surface area contributed by atoms with Crippen LogP contribution in [0.2, 0.25) is 0 Å². The SMILES string of the molecule is CCCNC(=O)CNC(=O)c1cccc(S(=O)(=O)N(CC)CC)c1. The summed E-state index contributed by atoms with van der Waals surface area (Å²) < 4.78 is 26.3. The second-order valence-electron chi connectivity index (χ2n) is 5.15. The maximum Gasteiger partial charge on any atom is 0.251 e. The number of sulfonamides is 1. The van der Waals surface area contributed by atoms with E-state index in [1.54, 1.807) is 13.8 Å². The first kappa shape index (κ1) is 20.1. The molecular formula is C16H25N3O4S. The standard InChI is InChI=1S/C16H25N3O4S/c1-4-10-17-15(20)12-18-16(21)13-8-7-9-14(11-13)24(22,23)19(5-2)6-3/h7-9,11H,4-6,10,12H2,1-3H3,(H,17,20)(H,18,21). The van der Waals surface area contributed by atoms with Crippen LogP contribution in [0.15, 0.2) is 29.2 Å². The molecule has 0 saturated heterocycles. The average molecular weight is 355 g/mol. The van der Waals surface area contributed by atoms with E-state index in [0.29, 0.717) is 19.6 Å². The Balaban J connectivity index is 2.85. The quantitative estimate of drug-likeness (QED) is 0.690. The van der Waals surface area contributed by atoms with Crippen molar-refractivity contribution in [1.82, 2.24) is 14.9 Å². The first-order chi connectivity index (χ1) is 11.4. The molecular weight excluding hydrogens is 330 g/mol. The van der Waals surface area contributed by atoms with Gasteiger partial charge in [0.25, 0.3) is 5.91 Å². The van der Waals surface area contributed by atoms with Crippen LogP contribution in [0.1, 0.15) is 37.6 Å². The third-order valence-corrected chi connectivity index (χ3v) is 5.47. The molecule has 0 radical (unpaired) electrons. The zero-order valence-corrected chi connectivity index (χ0v) is 15.1. The Bertz CT molecular complexity index is 670. The summed E-state index contributed by atoms with van der Waals surface area (Å²) in [6, 6.07) is 5.81. The smallest absolute Gasteiger partial charge is 0.251 e. The summed E-state index contributed by atoms with van der Waals surface area (Å²) in [4.78, 5) is 23.7. The van der Waals surface area contributed by atoms with Gasteiger partial charge in [0.15, 0.2) is 0 Å². The van der Waals surface area contributed by atoms with Crippen LogP contribution in [0, 0.1) is 0 Å². The summed E-state index contributed by atoms with van der Waals surface area (Å²) in [5.74, 6) is -0.768. The predicted molar refractivity (Wildman–Crippen MR) is 92.2 cm³/mol. The summed E-state index contributed by atoms with van der Waals surface area (Å²) in [5, 5.41) is 5.13. The molecule has 1 aromatic carbocycles. The van der Waals surface area contributed by atoms with E-state index in [2.05, 4.69) is 10.6 Å². The number of nitrogens with one attached hydrogen (secondary N) is 2. The average Bonchev–Trinajstić information content (AvgIpc) is 2.58. The zero-order valence-electron chi connectivity index (χ0n) is 14.3. The van der Waals surface area contributed by atoms with Crippen molar-refractivity contribution >= 4 is 21.8 Å². The van der Waals surface area contributed by atoms with Crippen LogP contribution < -0.4 is 10.6 Å². The molecule has 24 heavy (non-hydrogen) atoms. The molecule has 0 aliphatic heterocycles. The van der Waals surface area contributed by atoms with Gasteiger partial charge in [-0.15, -0.1) is 0 Å². The number of amides is 2. The monoisotopic (exact) mass is 355 g/mol. The zero-order chi connectivity index (χ0) is 18.2. The third-order valence-electron chi connectivity index (χ3n) is 3.42.